The average Bonchev–Trinajstić information content (AvgIpc) is 2.36. The van der Waals surface area contributed by atoms with Gasteiger partial charge in [0.2, 0.25) is 0 Å². The molecular weight excluding hydrogens is 122 g/mol. The first-order valence-corrected chi connectivity index (χ1v) is 4.26. The van der Waals surface area contributed by atoms with Gasteiger partial charge >= 0.3 is 0 Å². The molecule has 0 aromatic heterocycles. The minimum Gasteiger partial charge on any atom is -0.375 e. The highest BCUT2D eigenvalue weighted by Gasteiger charge is 2.19. The van der Waals surface area contributed by atoms with Crippen LogP contribution in [0.2, 0.25) is 0 Å². The Labute approximate surface area is 63.7 Å². The highest BCUT2D eigenvalue weighted by molar-refractivity contribution is 4.84. The van der Waals surface area contributed by atoms with Crippen molar-refractivity contribution >= 4 is 0 Å². The quantitative estimate of drug-likeness (QED) is 0.580. The van der Waals surface area contributed by atoms with Crippen molar-refractivity contribution in [3.63, 3.8) is 0 Å². The predicted octanol–water partition coefficient (Wildman–Crippen LogP) is 2.39. The molecule has 10 heavy (non-hydrogen) atoms. The van der Waals surface area contributed by atoms with E-state index in [0.717, 1.165) is 6.04 Å². The topological polar surface area (TPSA) is 3.24 Å². The van der Waals surface area contributed by atoms with E-state index in [0.29, 0.717) is 0 Å². The van der Waals surface area contributed by atoms with E-state index in [1.165, 1.54) is 32.2 Å². The van der Waals surface area contributed by atoms with Crippen molar-refractivity contribution in [2.75, 3.05) is 6.54 Å². The van der Waals surface area contributed by atoms with Crippen LogP contribution in [-0.4, -0.2) is 17.5 Å². The van der Waals surface area contributed by atoms with Gasteiger partial charge in [0, 0.05) is 12.6 Å². The SMILES string of the molecule is C=CN1CCCC1CCC. The van der Waals surface area contributed by atoms with E-state index in [9.17, 15) is 0 Å². The van der Waals surface area contributed by atoms with E-state index in [-0.39, 0.29) is 0 Å². The second kappa shape index (κ2) is 3.65. The summed E-state index contributed by atoms with van der Waals surface area (Å²) < 4.78 is 0. The fourth-order valence-electron chi connectivity index (χ4n) is 1.74. The Kier molecular flexibility index (Phi) is 2.79. The summed E-state index contributed by atoms with van der Waals surface area (Å²) in [5, 5.41) is 0. The minimum atomic E-state index is 0.808. The molecule has 0 spiro atoms. The summed E-state index contributed by atoms with van der Waals surface area (Å²) in [6, 6.07) is 0.808. The normalized spacial score (nSPS) is 25.3. The van der Waals surface area contributed by atoms with Crippen molar-refractivity contribution in [2.45, 2.75) is 38.6 Å². The number of hydrogen-bond donors (Lipinski definition) is 0. The monoisotopic (exact) mass is 139 g/mol. The maximum absolute atomic E-state index is 3.80. The van der Waals surface area contributed by atoms with Crippen LogP contribution < -0.4 is 0 Å². The Morgan fingerprint density at radius 1 is 1.70 bits per heavy atom. The van der Waals surface area contributed by atoms with E-state index >= 15 is 0 Å². The molecule has 1 nitrogen and oxygen atoms in total. The van der Waals surface area contributed by atoms with Crippen LogP contribution >= 0.6 is 0 Å². The number of nitrogens with zero attached hydrogens (tertiary/aromatic N) is 1. The first-order chi connectivity index (χ1) is 4.88. The average molecular weight is 139 g/mol. The van der Waals surface area contributed by atoms with Crippen molar-refractivity contribution < 1.29 is 0 Å². The second-order valence-electron chi connectivity index (χ2n) is 3.01. The Morgan fingerprint density at radius 2 is 2.50 bits per heavy atom. The molecule has 1 aliphatic heterocycles. The highest BCUT2D eigenvalue weighted by atomic mass is 15.2. The van der Waals surface area contributed by atoms with Crippen LogP contribution in [0, 0.1) is 0 Å². The fourth-order valence-corrected chi connectivity index (χ4v) is 1.74. The summed E-state index contributed by atoms with van der Waals surface area (Å²) in [5.41, 5.74) is 0. The summed E-state index contributed by atoms with van der Waals surface area (Å²) in [4.78, 5) is 2.38. The van der Waals surface area contributed by atoms with Gasteiger partial charge in [-0.15, -0.1) is 0 Å². The molecule has 0 aliphatic carbocycles. The molecule has 0 aromatic rings. The smallest absolute Gasteiger partial charge is 0.0284 e. The van der Waals surface area contributed by atoms with E-state index in [2.05, 4.69) is 18.4 Å². The van der Waals surface area contributed by atoms with Crippen LogP contribution in [0.15, 0.2) is 12.8 Å². The van der Waals surface area contributed by atoms with Crippen LogP contribution in [0.4, 0.5) is 0 Å². The fraction of sp³-hybridized carbons (Fsp3) is 0.778. The van der Waals surface area contributed by atoms with Crippen LogP contribution in [0.1, 0.15) is 32.6 Å². The summed E-state index contributed by atoms with van der Waals surface area (Å²) in [7, 11) is 0. The van der Waals surface area contributed by atoms with Crippen LogP contribution in [0.5, 0.6) is 0 Å². The molecule has 1 heteroatoms. The molecule has 0 aromatic carbocycles. The van der Waals surface area contributed by atoms with Gasteiger partial charge in [0.25, 0.3) is 0 Å². The molecule has 0 radical (unpaired) electrons. The van der Waals surface area contributed by atoms with E-state index in [1.54, 1.807) is 0 Å². The summed E-state index contributed by atoms with van der Waals surface area (Å²) in [6.07, 6.45) is 7.37. The zero-order valence-corrected chi connectivity index (χ0v) is 6.84. The van der Waals surface area contributed by atoms with Crippen LogP contribution in [0.25, 0.3) is 0 Å². The van der Waals surface area contributed by atoms with Crippen molar-refractivity contribution in [1.29, 1.82) is 0 Å². The number of hydrogen-bond acceptors (Lipinski definition) is 1. The van der Waals surface area contributed by atoms with Crippen molar-refractivity contribution in [3.05, 3.63) is 12.8 Å². The number of rotatable bonds is 3. The van der Waals surface area contributed by atoms with Gasteiger partial charge in [-0.1, -0.05) is 19.9 Å². The van der Waals surface area contributed by atoms with Gasteiger partial charge in [-0.3, -0.25) is 0 Å². The lowest BCUT2D eigenvalue weighted by Gasteiger charge is -2.21. The molecule has 0 N–H and O–H groups in total. The zero-order chi connectivity index (χ0) is 7.40. The molecule has 1 heterocycles. The maximum Gasteiger partial charge on any atom is 0.0284 e. The second-order valence-corrected chi connectivity index (χ2v) is 3.01. The lowest BCUT2D eigenvalue weighted by Crippen LogP contribution is -2.22. The Balaban J connectivity index is 2.34. The molecule has 0 bridgehead atoms. The Bertz CT molecular complexity index is 109. The largest absolute Gasteiger partial charge is 0.375 e. The van der Waals surface area contributed by atoms with Gasteiger partial charge in [-0.2, -0.15) is 0 Å². The molecule has 0 amide bonds. The van der Waals surface area contributed by atoms with Gasteiger partial charge < -0.3 is 4.90 Å². The molecule has 1 fully saturated rings. The third-order valence-corrected chi connectivity index (χ3v) is 2.28. The molecular formula is C9H17N. The Hall–Kier alpha value is -0.460. The molecule has 1 aliphatic rings. The van der Waals surface area contributed by atoms with Gasteiger partial charge in [-0.05, 0) is 25.5 Å². The van der Waals surface area contributed by atoms with Gasteiger partial charge in [-0.25, -0.2) is 0 Å². The zero-order valence-electron chi connectivity index (χ0n) is 6.84. The van der Waals surface area contributed by atoms with Crippen molar-refractivity contribution in [1.82, 2.24) is 4.90 Å². The number of likely N-dealkylation sites (tertiary alicyclic amines) is 1. The summed E-state index contributed by atoms with van der Waals surface area (Å²) in [6.45, 7) is 7.28. The predicted molar refractivity (Wildman–Crippen MR) is 44.8 cm³/mol. The van der Waals surface area contributed by atoms with Crippen LogP contribution in [-0.2, 0) is 0 Å². The molecule has 1 rings (SSSR count). The van der Waals surface area contributed by atoms with Crippen molar-refractivity contribution in [2.24, 2.45) is 0 Å². The molecule has 1 saturated heterocycles. The first-order valence-electron chi connectivity index (χ1n) is 4.26. The summed E-state index contributed by atoms with van der Waals surface area (Å²) in [5.74, 6) is 0. The molecule has 1 unspecified atom stereocenters. The molecule has 1 atom stereocenters. The Morgan fingerprint density at radius 3 is 3.10 bits per heavy atom. The molecule has 0 saturated carbocycles. The lowest BCUT2D eigenvalue weighted by molar-refractivity contribution is 0.331. The standard InChI is InChI=1S/C9H17N/c1-3-6-9-7-5-8-10(9)4-2/h4,9H,2-3,5-8H2,1H3. The van der Waals surface area contributed by atoms with E-state index < -0.39 is 0 Å². The van der Waals surface area contributed by atoms with Gasteiger partial charge in [0.05, 0.1) is 0 Å². The van der Waals surface area contributed by atoms with Crippen LogP contribution in [0.3, 0.4) is 0 Å². The maximum atomic E-state index is 3.80. The third kappa shape index (κ3) is 1.53. The van der Waals surface area contributed by atoms with E-state index in [4.69, 9.17) is 0 Å². The highest BCUT2D eigenvalue weighted by Crippen LogP contribution is 2.20. The summed E-state index contributed by atoms with van der Waals surface area (Å²) >= 11 is 0. The van der Waals surface area contributed by atoms with Gasteiger partial charge in [0.15, 0.2) is 0 Å². The third-order valence-electron chi connectivity index (χ3n) is 2.28. The van der Waals surface area contributed by atoms with Gasteiger partial charge in [0.1, 0.15) is 0 Å². The van der Waals surface area contributed by atoms with E-state index in [1.807, 2.05) is 6.20 Å². The lowest BCUT2D eigenvalue weighted by atomic mass is 10.1. The minimum absolute atomic E-state index is 0.808. The molecule has 58 valence electrons. The van der Waals surface area contributed by atoms with Crippen molar-refractivity contribution in [3.8, 4) is 0 Å². The first kappa shape index (κ1) is 7.64.